The molecule has 0 aromatic heterocycles. The first-order valence-electron chi connectivity index (χ1n) is 4.78. The van der Waals surface area contributed by atoms with Crippen LogP contribution in [0.3, 0.4) is 0 Å². The summed E-state index contributed by atoms with van der Waals surface area (Å²) in [5, 5.41) is 0. The minimum Gasteiger partial charge on any atom is -0.468 e. The summed E-state index contributed by atoms with van der Waals surface area (Å²) in [6.45, 7) is 1.34. The van der Waals surface area contributed by atoms with Crippen molar-refractivity contribution in [1.29, 1.82) is 0 Å². The van der Waals surface area contributed by atoms with Gasteiger partial charge in [0.2, 0.25) is 0 Å². The van der Waals surface area contributed by atoms with E-state index in [2.05, 4.69) is 4.74 Å². The predicted molar refractivity (Wildman–Crippen MR) is 55.1 cm³/mol. The van der Waals surface area contributed by atoms with E-state index in [1.807, 2.05) is 0 Å². The number of alkyl halides is 3. The predicted octanol–water partition coefficient (Wildman–Crippen LogP) is 2.19. The molecular formula is C11H12F3NO2. The maximum absolute atomic E-state index is 12.6. The van der Waals surface area contributed by atoms with E-state index in [-0.39, 0.29) is 11.1 Å². The Kier molecular flexibility index (Phi) is 3.77. The molecule has 1 unspecified atom stereocenters. The van der Waals surface area contributed by atoms with Gasteiger partial charge in [-0.1, -0.05) is 12.1 Å². The minimum absolute atomic E-state index is 0.0785. The summed E-state index contributed by atoms with van der Waals surface area (Å²) in [7, 11) is 1.13. The summed E-state index contributed by atoms with van der Waals surface area (Å²) in [6.07, 6.45) is -4.46. The van der Waals surface area contributed by atoms with Crippen LogP contribution in [0.25, 0.3) is 0 Å². The highest BCUT2D eigenvalue weighted by molar-refractivity contribution is 5.77. The van der Waals surface area contributed by atoms with Crippen molar-refractivity contribution in [2.75, 3.05) is 7.11 Å². The molecule has 0 aliphatic rings. The average molecular weight is 247 g/mol. The standard InChI is InChI=1S/C11H12F3NO2/c1-6-3-4-7(9(15)10(16)17-2)5-8(6)11(12,13)14/h3-5,9H,15H2,1-2H3. The highest BCUT2D eigenvalue weighted by atomic mass is 19.4. The van der Waals surface area contributed by atoms with Gasteiger partial charge in [0.05, 0.1) is 12.7 Å². The number of rotatable bonds is 2. The van der Waals surface area contributed by atoms with Gasteiger partial charge in [0.25, 0.3) is 0 Å². The molecule has 0 fully saturated rings. The quantitative estimate of drug-likeness (QED) is 0.815. The Labute approximate surface area is 96.4 Å². The summed E-state index contributed by atoms with van der Waals surface area (Å²) in [4.78, 5) is 11.1. The molecule has 0 aliphatic carbocycles. The lowest BCUT2D eigenvalue weighted by Gasteiger charge is -2.14. The highest BCUT2D eigenvalue weighted by Gasteiger charge is 2.33. The van der Waals surface area contributed by atoms with Gasteiger partial charge in [0.1, 0.15) is 6.04 Å². The van der Waals surface area contributed by atoms with Gasteiger partial charge in [-0.3, -0.25) is 4.79 Å². The van der Waals surface area contributed by atoms with Gasteiger partial charge >= 0.3 is 12.1 Å². The molecule has 0 spiro atoms. The van der Waals surface area contributed by atoms with E-state index in [9.17, 15) is 18.0 Å². The third-order valence-corrected chi connectivity index (χ3v) is 2.38. The molecule has 1 atom stereocenters. The Hall–Kier alpha value is -1.56. The lowest BCUT2D eigenvalue weighted by atomic mass is 10.0. The first kappa shape index (κ1) is 13.5. The summed E-state index contributed by atoms with van der Waals surface area (Å²) in [5.41, 5.74) is 4.83. The Balaban J connectivity index is 3.17. The summed E-state index contributed by atoms with van der Waals surface area (Å²) >= 11 is 0. The fourth-order valence-corrected chi connectivity index (χ4v) is 1.40. The van der Waals surface area contributed by atoms with Crippen LogP contribution in [0.15, 0.2) is 18.2 Å². The van der Waals surface area contributed by atoms with Gasteiger partial charge in [0.15, 0.2) is 0 Å². The second-order valence-electron chi connectivity index (χ2n) is 3.57. The molecule has 6 heteroatoms. The smallest absolute Gasteiger partial charge is 0.416 e. The largest absolute Gasteiger partial charge is 0.468 e. The topological polar surface area (TPSA) is 52.3 Å². The first-order valence-corrected chi connectivity index (χ1v) is 4.78. The van der Waals surface area contributed by atoms with Crippen LogP contribution in [0.4, 0.5) is 13.2 Å². The van der Waals surface area contributed by atoms with E-state index in [0.29, 0.717) is 0 Å². The average Bonchev–Trinajstić information content (AvgIpc) is 2.26. The molecule has 0 heterocycles. The number of hydrogen-bond donors (Lipinski definition) is 1. The van der Waals surface area contributed by atoms with Crippen LogP contribution < -0.4 is 5.73 Å². The lowest BCUT2D eigenvalue weighted by molar-refractivity contribution is -0.143. The van der Waals surface area contributed by atoms with E-state index in [1.165, 1.54) is 19.1 Å². The van der Waals surface area contributed by atoms with Crippen LogP contribution in [0.2, 0.25) is 0 Å². The monoisotopic (exact) mass is 247 g/mol. The summed E-state index contributed by atoms with van der Waals surface area (Å²) < 4.78 is 42.2. The second kappa shape index (κ2) is 4.75. The van der Waals surface area contributed by atoms with Gasteiger partial charge in [-0.15, -0.1) is 0 Å². The fourth-order valence-electron chi connectivity index (χ4n) is 1.40. The van der Waals surface area contributed by atoms with Gasteiger partial charge in [0, 0.05) is 0 Å². The second-order valence-corrected chi connectivity index (χ2v) is 3.57. The zero-order valence-corrected chi connectivity index (χ0v) is 9.34. The molecule has 2 N–H and O–H groups in total. The van der Waals surface area contributed by atoms with Crippen LogP contribution in [-0.2, 0) is 15.7 Å². The van der Waals surface area contributed by atoms with Gasteiger partial charge in [-0.05, 0) is 24.1 Å². The molecule has 0 radical (unpaired) electrons. The molecule has 0 bridgehead atoms. The Bertz CT molecular complexity index is 429. The SMILES string of the molecule is COC(=O)C(N)c1ccc(C)c(C(F)(F)F)c1. The molecule has 0 aliphatic heterocycles. The van der Waals surface area contributed by atoms with Crippen LogP contribution in [0, 0.1) is 6.92 Å². The van der Waals surface area contributed by atoms with E-state index < -0.39 is 23.8 Å². The van der Waals surface area contributed by atoms with E-state index in [4.69, 9.17) is 5.73 Å². The molecule has 0 amide bonds. The molecule has 0 saturated carbocycles. The molecule has 1 aromatic carbocycles. The third kappa shape index (κ3) is 2.97. The van der Waals surface area contributed by atoms with Crippen LogP contribution in [0.1, 0.15) is 22.7 Å². The lowest BCUT2D eigenvalue weighted by Crippen LogP contribution is -2.23. The van der Waals surface area contributed by atoms with Crippen molar-refractivity contribution in [3.8, 4) is 0 Å². The molecule has 94 valence electrons. The number of benzene rings is 1. The van der Waals surface area contributed by atoms with Crippen LogP contribution >= 0.6 is 0 Å². The number of carbonyl (C=O) groups is 1. The number of ether oxygens (including phenoxy) is 1. The molecule has 1 rings (SSSR count). The van der Waals surface area contributed by atoms with Gasteiger partial charge in [-0.2, -0.15) is 13.2 Å². The molecule has 0 saturated heterocycles. The number of halogens is 3. The fraction of sp³-hybridized carbons (Fsp3) is 0.364. The number of methoxy groups -OCH3 is 1. The van der Waals surface area contributed by atoms with Crippen molar-refractivity contribution in [2.45, 2.75) is 19.1 Å². The van der Waals surface area contributed by atoms with Gasteiger partial charge in [-0.25, -0.2) is 0 Å². The molecular weight excluding hydrogens is 235 g/mol. The van der Waals surface area contributed by atoms with Crippen molar-refractivity contribution in [3.05, 3.63) is 34.9 Å². The number of esters is 1. The van der Waals surface area contributed by atoms with Gasteiger partial charge < -0.3 is 10.5 Å². The van der Waals surface area contributed by atoms with Crippen molar-refractivity contribution < 1.29 is 22.7 Å². The van der Waals surface area contributed by atoms with Crippen LogP contribution in [0.5, 0.6) is 0 Å². The zero-order valence-electron chi connectivity index (χ0n) is 9.34. The maximum atomic E-state index is 12.6. The molecule has 17 heavy (non-hydrogen) atoms. The maximum Gasteiger partial charge on any atom is 0.416 e. The molecule has 1 aromatic rings. The first-order chi connectivity index (χ1) is 7.77. The number of carbonyl (C=O) groups excluding carboxylic acids is 1. The van der Waals surface area contributed by atoms with Crippen molar-refractivity contribution in [3.63, 3.8) is 0 Å². The Morgan fingerprint density at radius 2 is 2.00 bits per heavy atom. The normalized spacial score (nSPS) is 13.3. The zero-order chi connectivity index (χ0) is 13.2. The van der Waals surface area contributed by atoms with Crippen LogP contribution in [-0.4, -0.2) is 13.1 Å². The minimum atomic E-state index is -4.46. The molecule has 3 nitrogen and oxygen atoms in total. The Morgan fingerprint density at radius 1 is 1.41 bits per heavy atom. The van der Waals surface area contributed by atoms with Crippen molar-refractivity contribution in [1.82, 2.24) is 0 Å². The summed E-state index contributed by atoms with van der Waals surface area (Å²) in [6, 6.07) is 2.33. The number of hydrogen-bond acceptors (Lipinski definition) is 3. The number of nitrogens with two attached hydrogens (primary N) is 1. The summed E-state index contributed by atoms with van der Waals surface area (Å²) in [5.74, 6) is -0.776. The third-order valence-electron chi connectivity index (χ3n) is 2.38. The van der Waals surface area contributed by atoms with Crippen molar-refractivity contribution in [2.24, 2.45) is 5.73 Å². The highest BCUT2D eigenvalue weighted by Crippen LogP contribution is 2.33. The van der Waals surface area contributed by atoms with E-state index in [0.717, 1.165) is 13.2 Å². The van der Waals surface area contributed by atoms with E-state index >= 15 is 0 Å². The number of aryl methyl sites for hydroxylation is 1. The Morgan fingerprint density at radius 3 is 2.47 bits per heavy atom. The van der Waals surface area contributed by atoms with Crippen molar-refractivity contribution >= 4 is 5.97 Å². The van der Waals surface area contributed by atoms with E-state index in [1.54, 1.807) is 0 Å².